The molecule has 0 aromatic carbocycles. The highest BCUT2D eigenvalue weighted by Crippen LogP contribution is 2.15. The molecule has 0 aliphatic carbocycles. The maximum Gasteiger partial charge on any atom is 0.158 e. The number of aliphatic hydroxyl groups excluding tert-OH is 1. The molecule has 0 unspecified atom stereocenters. The maximum atomic E-state index is 9.71. The van der Waals surface area contributed by atoms with Crippen molar-refractivity contribution < 1.29 is 5.11 Å². The molecule has 1 heterocycles. The second-order valence-corrected chi connectivity index (χ2v) is 3.37. The average Bonchev–Trinajstić information content (AvgIpc) is 2.17. The molecule has 13 heavy (non-hydrogen) atoms. The van der Waals surface area contributed by atoms with Crippen LogP contribution in [0.5, 0.6) is 0 Å². The lowest BCUT2D eigenvalue weighted by Crippen LogP contribution is -2.34. The lowest BCUT2D eigenvalue weighted by atomic mass is 9.99. The van der Waals surface area contributed by atoms with Gasteiger partial charge in [-0.1, -0.05) is 13.8 Å². The van der Waals surface area contributed by atoms with Gasteiger partial charge in [-0.2, -0.15) is 0 Å². The molecule has 0 bridgehead atoms. The van der Waals surface area contributed by atoms with Gasteiger partial charge in [0.25, 0.3) is 0 Å². The highest BCUT2D eigenvalue weighted by molar-refractivity contribution is 4.96. The summed E-state index contributed by atoms with van der Waals surface area (Å²) in [6, 6.07) is 1.39. The zero-order chi connectivity index (χ0) is 9.84. The fourth-order valence-corrected chi connectivity index (χ4v) is 1.00. The Kier molecular flexibility index (Phi) is 3.33. The first kappa shape index (κ1) is 10.1. The molecule has 2 atom stereocenters. The Morgan fingerprint density at radius 2 is 1.85 bits per heavy atom. The molecule has 72 valence electrons. The van der Waals surface area contributed by atoms with E-state index in [2.05, 4.69) is 9.97 Å². The number of hydrogen-bond donors (Lipinski definition) is 2. The van der Waals surface area contributed by atoms with Gasteiger partial charge in [0.1, 0.15) is 6.10 Å². The molecule has 0 saturated heterocycles. The first-order valence-electron chi connectivity index (χ1n) is 4.33. The molecule has 1 aromatic heterocycles. The zero-order valence-corrected chi connectivity index (χ0v) is 7.88. The third-order valence-corrected chi connectivity index (χ3v) is 1.98. The summed E-state index contributed by atoms with van der Waals surface area (Å²) in [4.78, 5) is 7.88. The lowest BCUT2D eigenvalue weighted by Gasteiger charge is -2.20. The van der Waals surface area contributed by atoms with Crippen LogP contribution in [-0.2, 0) is 0 Å². The highest BCUT2D eigenvalue weighted by Gasteiger charge is 2.21. The van der Waals surface area contributed by atoms with Crippen LogP contribution in [0, 0.1) is 5.92 Å². The molecule has 4 nitrogen and oxygen atoms in total. The Balaban J connectivity index is 2.73. The predicted molar refractivity (Wildman–Crippen MR) is 49.8 cm³/mol. The highest BCUT2D eigenvalue weighted by atomic mass is 16.3. The summed E-state index contributed by atoms with van der Waals surface area (Å²) in [6.45, 7) is 3.91. The minimum Gasteiger partial charge on any atom is -0.383 e. The number of hydrogen-bond acceptors (Lipinski definition) is 4. The Morgan fingerprint density at radius 1 is 1.31 bits per heavy atom. The van der Waals surface area contributed by atoms with Crippen LogP contribution in [0.2, 0.25) is 0 Å². The summed E-state index contributed by atoms with van der Waals surface area (Å²) in [5.74, 6) is 0.600. The van der Waals surface area contributed by atoms with Gasteiger partial charge in [0, 0.05) is 18.4 Å². The number of aliphatic hydroxyl groups is 1. The van der Waals surface area contributed by atoms with Crippen LogP contribution in [0.3, 0.4) is 0 Å². The maximum absolute atomic E-state index is 9.71. The number of aromatic nitrogens is 2. The van der Waals surface area contributed by atoms with Gasteiger partial charge in [0.05, 0.1) is 0 Å². The summed E-state index contributed by atoms with van der Waals surface area (Å²) >= 11 is 0. The van der Waals surface area contributed by atoms with Crippen LogP contribution in [0.1, 0.15) is 25.8 Å². The van der Waals surface area contributed by atoms with Gasteiger partial charge in [-0.05, 0) is 12.0 Å². The Bertz CT molecular complexity index is 250. The largest absolute Gasteiger partial charge is 0.383 e. The summed E-state index contributed by atoms with van der Waals surface area (Å²) < 4.78 is 0. The molecule has 0 spiro atoms. The van der Waals surface area contributed by atoms with Crippen molar-refractivity contribution >= 4 is 0 Å². The van der Waals surface area contributed by atoms with E-state index < -0.39 is 6.10 Å². The molecule has 1 rings (SSSR count). The van der Waals surface area contributed by atoms with Crippen LogP contribution in [0.4, 0.5) is 0 Å². The van der Waals surface area contributed by atoms with Crippen molar-refractivity contribution in [3.63, 3.8) is 0 Å². The first-order chi connectivity index (χ1) is 6.13. The molecular formula is C9H15N3O. The van der Waals surface area contributed by atoms with Crippen molar-refractivity contribution in [3.8, 4) is 0 Å². The van der Waals surface area contributed by atoms with Crippen molar-refractivity contribution in [3.05, 3.63) is 24.3 Å². The molecule has 4 heteroatoms. The van der Waals surface area contributed by atoms with Crippen molar-refractivity contribution in [2.45, 2.75) is 26.0 Å². The Morgan fingerprint density at radius 3 is 2.31 bits per heavy atom. The normalized spacial score (nSPS) is 15.8. The smallest absolute Gasteiger partial charge is 0.158 e. The molecule has 0 aliphatic heterocycles. The lowest BCUT2D eigenvalue weighted by molar-refractivity contribution is 0.117. The molecule has 0 fully saturated rings. The second-order valence-electron chi connectivity index (χ2n) is 3.37. The van der Waals surface area contributed by atoms with Crippen LogP contribution in [-0.4, -0.2) is 21.1 Å². The van der Waals surface area contributed by atoms with E-state index >= 15 is 0 Å². The number of nitrogens with two attached hydrogens (primary N) is 1. The van der Waals surface area contributed by atoms with Gasteiger partial charge in [-0.3, -0.25) is 0 Å². The standard InChI is InChI=1S/C9H15N3O/c1-6(2)7(10)8(13)9-11-4-3-5-12-9/h3-8,13H,10H2,1-2H3/t7-,8-/m1/s1. The molecule has 0 amide bonds. The molecule has 0 radical (unpaired) electrons. The molecular weight excluding hydrogens is 166 g/mol. The molecule has 0 saturated carbocycles. The van der Waals surface area contributed by atoms with Crippen molar-refractivity contribution in [1.29, 1.82) is 0 Å². The third-order valence-electron chi connectivity index (χ3n) is 1.98. The van der Waals surface area contributed by atoms with Crippen LogP contribution >= 0.6 is 0 Å². The topological polar surface area (TPSA) is 72.0 Å². The minimum atomic E-state index is -0.777. The third kappa shape index (κ3) is 2.47. The van der Waals surface area contributed by atoms with E-state index in [1.807, 2.05) is 13.8 Å². The van der Waals surface area contributed by atoms with E-state index in [4.69, 9.17) is 5.73 Å². The van der Waals surface area contributed by atoms with Gasteiger partial charge in [0.15, 0.2) is 5.82 Å². The van der Waals surface area contributed by atoms with E-state index in [0.717, 1.165) is 0 Å². The van der Waals surface area contributed by atoms with Gasteiger partial charge < -0.3 is 10.8 Å². The van der Waals surface area contributed by atoms with Crippen molar-refractivity contribution in [2.24, 2.45) is 11.7 Å². The van der Waals surface area contributed by atoms with Gasteiger partial charge in [-0.15, -0.1) is 0 Å². The Labute approximate surface area is 77.8 Å². The van der Waals surface area contributed by atoms with Gasteiger partial charge in [0.2, 0.25) is 0 Å². The minimum absolute atomic E-state index is 0.207. The van der Waals surface area contributed by atoms with Gasteiger partial charge >= 0.3 is 0 Å². The quantitative estimate of drug-likeness (QED) is 0.712. The van der Waals surface area contributed by atoms with E-state index in [1.165, 1.54) is 0 Å². The SMILES string of the molecule is CC(C)[C@@H](N)[C@@H](O)c1ncccn1. The van der Waals surface area contributed by atoms with Crippen LogP contribution in [0.15, 0.2) is 18.5 Å². The van der Waals surface area contributed by atoms with E-state index in [9.17, 15) is 5.11 Å². The van der Waals surface area contributed by atoms with E-state index in [1.54, 1.807) is 18.5 Å². The van der Waals surface area contributed by atoms with Crippen molar-refractivity contribution in [1.82, 2.24) is 9.97 Å². The van der Waals surface area contributed by atoms with Crippen LogP contribution in [0.25, 0.3) is 0 Å². The van der Waals surface area contributed by atoms with Crippen LogP contribution < -0.4 is 5.73 Å². The van der Waals surface area contributed by atoms with Gasteiger partial charge in [-0.25, -0.2) is 9.97 Å². The molecule has 1 aromatic rings. The Hall–Kier alpha value is -1.00. The monoisotopic (exact) mass is 181 g/mol. The first-order valence-corrected chi connectivity index (χ1v) is 4.33. The fourth-order valence-electron chi connectivity index (χ4n) is 1.00. The van der Waals surface area contributed by atoms with E-state index in [0.29, 0.717) is 5.82 Å². The predicted octanol–water partition coefficient (Wildman–Crippen LogP) is 0.493. The number of rotatable bonds is 3. The van der Waals surface area contributed by atoms with E-state index in [-0.39, 0.29) is 12.0 Å². The molecule has 0 aliphatic rings. The second kappa shape index (κ2) is 4.30. The summed E-state index contributed by atoms with van der Waals surface area (Å²) in [7, 11) is 0. The zero-order valence-electron chi connectivity index (χ0n) is 7.88. The van der Waals surface area contributed by atoms with Crippen molar-refractivity contribution in [2.75, 3.05) is 0 Å². The average molecular weight is 181 g/mol. The summed E-state index contributed by atoms with van der Waals surface area (Å²) in [5.41, 5.74) is 5.76. The fraction of sp³-hybridized carbons (Fsp3) is 0.556. The number of nitrogens with zero attached hydrogens (tertiary/aromatic N) is 2. The summed E-state index contributed by atoms with van der Waals surface area (Å²) in [5, 5.41) is 9.71. The summed E-state index contributed by atoms with van der Waals surface area (Å²) in [6.07, 6.45) is 2.41. The molecule has 3 N–H and O–H groups in total.